The second kappa shape index (κ2) is 12.6. The summed E-state index contributed by atoms with van der Waals surface area (Å²) in [4.78, 5) is 37.6. The first-order chi connectivity index (χ1) is 18.8. The summed E-state index contributed by atoms with van der Waals surface area (Å²) < 4.78 is 0. The van der Waals surface area contributed by atoms with Crippen molar-refractivity contribution in [2.45, 2.75) is 6.92 Å². The molecule has 4 rings (SSSR count). The van der Waals surface area contributed by atoms with Crippen molar-refractivity contribution in [1.29, 1.82) is 0 Å². The predicted molar refractivity (Wildman–Crippen MR) is 157 cm³/mol. The summed E-state index contributed by atoms with van der Waals surface area (Å²) in [7, 11) is 0. The van der Waals surface area contributed by atoms with E-state index in [-0.39, 0.29) is 5.70 Å². The Morgan fingerprint density at radius 2 is 1.23 bits per heavy atom. The van der Waals surface area contributed by atoms with Gasteiger partial charge in [-0.1, -0.05) is 12.2 Å². The molecule has 4 aromatic heterocycles. The molecule has 192 valence electrons. The second-order valence-electron chi connectivity index (χ2n) is 8.17. The summed E-state index contributed by atoms with van der Waals surface area (Å²) in [5, 5.41) is 18.1. The zero-order valence-corrected chi connectivity index (χ0v) is 22.2. The second-order valence-corrected chi connectivity index (χ2v) is 10.5. The van der Waals surface area contributed by atoms with Gasteiger partial charge in [0.05, 0.1) is 18.0 Å². The number of carboxylic acids is 2. The fraction of sp³-hybridized carbons (Fsp3) is 0.0333. The van der Waals surface area contributed by atoms with Gasteiger partial charge in [0.2, 0.25) is 0 Å². The van der Waals surface area contributed by atoms with E-state index in [0.29, 0.717) is 10.5 Å². The molecule has 0 atom stereocenters. The Bertz CT molecular complexity index is 1700. The first kappa shape index (κ1) is 27.1. The van der Waals surface area contributed by atoms with Gasteiger partial charge in [0.1, 0.15) is 0 Å². The lowest BCUT2D eigenvalue weighted by Crippen LogP contribution is -1.94. The quantitative estimate of drug-likeness (QED) is 0.165. The van der Waals surface area contributed by atoms with Gasteiger partial charge in [-0.25, -0.2) is 9.64 Å². The van der Waals surface area contributed by atoms with E-state index in [9.17, 15) is 9.59 Å². The molecular formula is C30H21N3O4S2. The minimum Gasteiger partial charge on any atom is -0.486 e. The van der Waals surface area contributed by atoms with Crippen molar-refractivity contribution >= 4 is 71.1 Å². The van der Waals surface area contributed by atoms with Crippen LogP contribution in [0.5, 0.6) is 0 Å². The molecule has 0 aliphatic rings. The molecule has 4 heterocycles. The molecular weight excluding hydrogens is 530 g/mol. The highest BCUT2D eigenvalue weighted by Crippen LogP contribution is 2.25. The van der Waals surface area contributed by atoms with Gasteiger partial charge in [0.25, 0.3) is 5.70 Å². The molecule has 39 heavy (non-hydrogen) atoms. The van der Waals surface area contributed by atoms with E-state index in [2.05, 4.69) is 14.8 Å². The van der Waals surface area contributed by atoms with Gasteiger partial charge < -0.3 is 10.2 Å². The minimum atomic E-state index is -1.24. The standard InChI is InChI=1S/C30H21N3O4S2/c1-19(29(34)35)15-24-9-7-22(38-24)5-3-20-11-13-32-26(16-20)27-17-21(12-14-33-27)4-6-23-8-10-25(39-23)18-28(31-2)30(36)37/h3-18H,1H3,(H,34,35)(H,36,37)/b5-3+,6-4+,19-15-,28-18-. The molecule has 0 saturated carbocycles. The SMILES string of the molecule is [C-]#[N+]/C(=C\c1ccc(/C=C/c2ccnc(-c3cc(/C=C/c4ccc(/C=C(/C)C(=O)O)s4)ccn3)c2)s1)C(=O)O. The van der Waals surface area contributed by atoms with E-state index in [4.69, 9.17) is 16.8 Å². The maximum atomic E-state index is 11.1. The number of nitrogens with zero attached hydrogens (tertiary/aromatic N) is 3. The van der Waals surface area contributed by atoms with Gasteiger partial charge in [-0.2, -0.15) is 0 Å². The van der Waals surface area contributed by atoms with Crippen molar-refractivity contribution < 1.29 is 19.8 Å². The van der Waals surface area contributed by atoms with E-state index in [1.54, 1.807) is 31.5 Å². The lowest BCUT2D eigenvalue weighted by molar-refractivity contribution is -0.133. The fourth-order valence-corrected chi connectivity index (χ4v) is 5.13. The number of aromatic nitrogens is 2. The van der Waals surface area contributed by atoms with Gasteiger partial charge in [-0.15, -0.1) is 22.7 Å². The molecule has 0 aliphatic carbocycles. The monoisotopic (exact) mass is 551 g/mol. The number of pyridine rings is 2. The van der Waals surface area contributed by atoms with Gasteiger partial charge in [-0.3, -0.25) is 14.8 Å². The number of aliphatic carboxylic acids is 2. The van der Waals surface area contributed by atoms with E-state index in [0.717, 1.165) is 37.1 Å². The lowest BCUT2D eigenvalue weighted by Gasteiger charge is -2.03. The van der Waals surface area contributed by atoms with E-state index in [1.807, 2.05) is 66.8 Å². The molecule has 4 aromatic rings. The topological polar surface area (TPSA) is 105 Å². The number of carbonyl (C=O) groups is 2. The van der Waals surface area contributed by atoms with Crippen LogP contribution in [0.1, 0.15) is 37.6 Å². The first-order valence-corrected chi connectivity index (χ1v) is 13.2. The van der Waals surface area contributed by atoms with Crippen molar-refractivity contribution in [2.75, 3.05) is 0 Å². The average molecular weight is 552 g/mol. The molecule has 0 aromatic carbocycles. The van der Waals surface area contributed by atoms with Crippen LogP contribution in [0.4, 0.5) is 0 Å². The largest absolute Gasteiger partial charge is 0.486 e. The predicted octanol–water partition coefficient (Wildman–Crippen LogP) is 7.44. The van der Waals surface area contributed by atoms with Crippen molar-refractivity contribution in [2.24, 2.45) is 0 Å². The Kier molecular flexibility index (Phi) is 8.74. The van der Waals surface area contributed by atoms with Crippen LogP contribution < -0.4 is 0 Å². The number of hydrogen-bond acceptors (Lipinski definition) is 6. The van der Waals surface area contributed by atoms with Crippen molar-refractivity contribution in [1.82, 2.24) is 9.97 Å². The molecule has 2 N–H and O–H groups in total. The minimum absolute atomic E-state index is 0.291. The average Bonchev–Trinajstić information content (AvgIpc) is 3.58. The van der Waals surface area contributed by atoms with Crippen LogP contribution in [-0.4, -0.2) is 32.1 Å². The van der Waals surface area contributed by atoms with Crippen molar-refractivity contribution in [3.63, 3.8) is 0 Å². The molecule has 0 aliphatic heterocycles. The van der Waals surface area contributed by atoms with Crippen LogP contribution >= 0.6 is 22.7 Å². The molecule has 0 saturated heterocycles. The van der Waals surface area contributed by atoms with Crippen LogP contribution in [0.15, 0.2) is 72.2 Å². The summed E-state index contributed by atoms with van der Waals surface area (Å²) >= 11 is 2.90. The third kappa shape index (κ3) is 7.55. The number of hydrogen-bond donors (Lipinski definition) is 2. The smallest absolute Gasteiger partial charge is 0.333 e. The number of carboxylic acid groups (broad SMARTS) is 2. The van der Waals surface area contributed by atoms with Gasteiger partial charge in [-0.05, 0) is 90.9 Å². The Balaban J connectivity index is 1.48. The summed E-state index contributed by atoms with van der Waals surface area (Å²) in [5.74, 6) is -2.17. The zero-order valence-electron chi connectivity index (χ0n) is 20.6. The van der Waals surface area contributed by atoms with E-state index < -0.39 is 11.9 Å². The molecule has 0 amide bonds. The normalized spacial score (nSPS) is 12.2. The highest BCUT2D eigenvalue weighted by atomic mass is 32.1. The van der Waals surface area contributed by atoms with Crippen LogP contribution in [0, 0.1) is 6.57 Å². The first-order valence-electron chi connectivity index (χ1n) is 11.5. The van der Waals surface area contributed by atoms with Gasteiger partial charge in [0.15, 0.2) is 0 Å². The highest BCUT2D eigenvalue weighted by Gasteiger charge is 2.08. The summed E-state index contributed by atoms with van der Waals surface area (Å²) in [6.07, 6.45) is 14.3. The lowest BCUT2D eigenvalue weighted by atomic mass is 10.1. The Hall–Kier alpha value is -4.91. The Labute approximate surface area is 232 Å². The van der Waals surface area contributed by atoms with Crippen molar-refractivity contribution in [3.8, 4) is 11.4 Å². The summed E-state index contributed by atoms with van der Waals surface area (Å²) in [5.41, 5.74) is 3.30. The molecule has 0 spiro atoms. The van der Waals surface area contributed by atoms with E-state index >= 15 is 0 Å². The molecule has 0 unspecified atom stereocenters. The van der Waals surface area contributed by atoms with Gasteiger partial charge in [0, 0.05) is 37.5 Å². The number of thiophene rings is 2. The van der Waals surface area contributed by atoms with Crippen LogP contribution in [0.25, 0.3) is 52.7 Å². The number of rotatable bonds is 9. The summed E-state index contributed by atoms with van der Waals surface area (Å²) in [6, 6.07) is 15.2. The van der Waals surface area contributed by atoms with E-state index in [1.165, 1.54) is 28.7 Å². The van der Waals surface area contributed by atoms with Crippen LogP contribution in [0.2, 0.25) is 0 Å². The molecule has 0 bridgehead atoms. The third-order valence-corrected chi connectivity index (χ3v) is 7.32. The highest BCUT2D eigenvalue weighted by molar-refractivity contribution is 7.14. The molecule has 0 fully saturated rings. The van der Waals surface area contributed by atoms with Crippen LogP contribution in [0.3, 0.4) is 0 Å². The molecule has 7 nitrogen and oxygen atoms in total. The Morgan fingerprint density at radius 1 is 0.744 bits per heavy atom. The Morgan fingerprint density at radius 3 is 1.69 bits per heavy atom. The zero-order chi connectivity index (χ0) is 27.8. The molecule has 0 radical (unpaired) electrons. The maximum Gasteiger partial charge on any atom is 0.333 e. The van der Waals surface area contributed by atoms with Crippen LogP contribution in [-0.2, 0) is 9.59 Å². The third-order valence-electron chi connectivity index (χ3n) is 5.32. The molecule has 9 heteroatoms. The van der Waals surface area contributed by atoms with Gasteiger partial charge >= 0.3 is 11.9 Å². The van der Waals surface area contributed by atoms with Crippen molar-refractivity contribution in [3.05, 3.63) is 114 Å². The summed E-state index contributed by atoms with van der Waals surface area (Å²) in [6.45, 7) is 8.55. The fourth-order valence-electron chi connectivity index (χ4n) is 3.36. The maximum absolute atomic E-state index is 11.1.